The molecule has 1 aliphatic carbocycles. The lowest BCUT2D eigenvalue weighted by molar-refractivity contribution is 0.180. The molecule has 1 aromatic rings. The molecule has 1 atom stereocenters. The van der Waals surface area contributed by atoms with Crippen LogP contribution in [0.5, 0.6) is 5.75 Å². The number of aliphatic hydroxyl groups excluding tert-OH is 1. The number of amides is 2. The van der Waals surface area contributed by atoms with Gasteiger partial charge in [0.1, 0.15) is 5.75 Å². The Morgan fingerprint density at radius 2 is 2.43 bits per heavy atom. The SMILES string of the molecule is C=CCN(CCO)C(=O)NC1CCc2c(OC)cccc21. The number of hydrogen-bond donors (Lipinski definition) is 2. The Labute approximate surface area is 125 Å². The van der Waals surface area contributed by atoms with E-state index >= 15 is 0 Å². The van der Waals surface area contributed by atoms with Crippen LogP contribution in [-0.2, 0) is 6.42 Å². The van der Waals surface area contributed by atoms with Crippen molar-refractivity contribution in [2.45, 2.75) is 18.9 Å². The Balaban J connectivity index is 2.09. The first kappa shape index (κ1) is 15.4. The van der Waals surface area contributed by atoms with Gasteiger partial charge in [-0.25, -0.2) is 4.79 Å². The van der Waals surface area contributed by atoms with E-state index < -0.39 is 0 Å². The summed E-state index contributed by atoms with van der Waals surface area (Å²) in [6.07, 6.45) is 3.41. The number of hydrogen-bond acceptors (Lipinski definition) is 3. The van der Waals surface area contributed by atoms with Crippen LogP contribution in [0, 0.1) is 0 Å². The van der Waals surface area contributed by atoms with Gasteiger partial charge in [-0.2, -0.15) is 0 Å². The van der Waals surface area contributed by atoms with E-state index in [2.05, 4.69) is 11.9 Å². The van der Waals surface area contributed by atoms with Crippen LogP contribution in [0.1, 0.15) is 23.6 Å². The van der Waals surface area contributed by atoms with Gasteiger partial charge < -0.3 is 20.1 Å². The van der Waals surface area contributed by atoms with Crippen LogP contribution in [0.2, 0.25) is 0 Å². The molecule has 0 heterocycles. The van der Waals surface area contributed by atoms with Crippen molar-refractivity contribution in [3.63, 3.8) is 0 Å². The first-order chi connectivity index (χ1) is 10.2. The van der Waals surface area contributed by atoms with Crippen LogP contribution in [0.25, 0.3) is 0 Å². The molecular formula is C16H22N2O3. The predicted octanol–water partition coefficient (Wildman–Crippen LogP) is 1.87. The topological polar surface area (TPSA) is 61.8 Å². The van der Waals surface area contributed by atoms with Gasteiger partial charge in [0.2, 0.25) is 0 Å². The third kappa shape index (κ3) is 3.36. The lowest BCUT2D eigenvalue weighted by Crippen LogP contribution is -2.42. The van der Waals surface area contributed by atoms with Crippen molar-refractivity contribution in [3.8, 4) is 5.75 Å². The number of carbonyl (C=O) groups excluding carboxylic acids is 1. The van der Waals surface area contributed by atoms with Crippen LogP contribution in [0.4, 0.5) is 4.79 Å². The minimum Gasteiger partial charge on any atom is -0.496 e. The molecular weight excluding hydrogens is 268 g/mol. The first-order valence-electron chi connectivity index (χ1n) is 7.14. The average molecular weight is 290 g/mol. The number of fused-ring (bicyclic) bond motifs is 1. The zero-order chi connectivity index (χ0) is 15.2. The molecule has 2 rings (SSSR count). The van der Waals surface area contributed by atoms with Crippen LogP contribution in [0.3, 0.4) is 0 Å². The van der Waals surface area contributed by atoms with Gasteiger partial charge >= 0.3 is 6.03 Å². The predicted molar refractivity (Wildman–Crippen MR) is 81.4 cm³/mol. The lowest BCUT2D eigenvalue weighted by atomic mass is 10.1. The van der Waals surface area contributed by atoms with E-state index in [4.69, 9.17) is 9.84 Å². The number of nitrogens with zero attached hydrogens (tertiary/aromatic N) is 1. The normalized spacial score (nSPS) is 16.2. The molecule has 2 N–H and O–H groups in total. The smallest absolute Gasteiger partial charge is 0.318 e. The highest BCUT2D eigenvalue weighted by atomic mass is 16.5. The van der Waals surface area contributed by atoms with E-state index in [1.54, 1.807) is 18.1 Å². The fourth-order valence-corrected chi connectivity index (χ4v) is 2.75. The summed E-state index contributed by atoms with van der Waals surface area (Å²) in [7, 11) is 1.66. The van der Waals surface area contributed by atoms with E-state index in [9.17, 15) is 4.79 Å². The van der Waals surface area contributed by atoms with Crippen molar-refractivity contribution in [1.29, 1.82) is 0 Å². The summed E-state index contributed by atoms with van der Waals surface area (Å²) in [5.41, 5.74) is 2.29. The van der Waals surface area contributed by atoms with Crippen molar-refractivity contribution in [2.24, 2.45) is 0 Å². The lowest BCUT2D eigenvalue weighted by Gasteiger charge is -2.23. The summed E-state index contributed by atoms with van der Waals surface area (Å²) >= 11 is 0. The molecule has 0 saturated heterocycles. The zero-order valence-corrected chi connectivity index (χ0v) is 12.3. The molecule has 0 bridgehead atoms. The Kier molecular flexibility index (Phi) is 5.22. The van der Waals surface area contributed by atoms with Crippen molar-refractivity contribution < 1.29 is 14.6 Å². The van der Waals surface area contributed by atoms with Gasteiger partial charge in [0.15, 0.2) is 0 Å². The number of urea groups is 1. The van der Waals surface area contributed by atoms with E-state index in [1.165, 1.54) is 5.56 Å². The fraction of sp³-hybridized carbons (Fsp3) is 0.438. The molecule has 1 unspecified atom stereocenters. The molecule has 0 spiro atoms. The Hall–Kier alpha value is -2.01. The quantitative estimate of drug-likeness (QED) is 0.786. The Morgan fingerprint density at radius 1 is 1.62 bits per heavy atom. The molecule has 0 aliphatic heterocycles. The van der Waals surface area contributed by atoms with E-state index in [1.807, 2.05) is 18.2 Å². The number of aliphatic hydroxyl groups is 1. The highest BCUT2D eigenvalue weighted by Gasteiger charge is 2.27. The molecule has 1 aromatic carbocycles. The van der Waals surface area contributed by atoms with E-state index in [0.29, 0.717) is 13.1 Å². The van der Waals surface area contributed by atoms with Crippen LogP contribution >= 0.6 is 0 Å². The second kappa shape index (κ2) is 7.13. The van der Waals surface area contributed by atoms with Gasteiger partial charge in [-0.1, -0.05) is 18.2 Å². The summed E-state index contributed by atoms with van der Waals surface area (Å²) in [6, 6.07) is 5.73. The van der Waals surface area contributed by atoms with Gasteiger partial charge in [-0.3, -0.25) is 0 Å². The monoisotopic (exact) mass is 290 g/mol. The second-order valence-electron chi connectivity index (χ2n) is 5.03. The number of methoxy groups -OCH3 is 1. The van der Waals surface area contributed by atoms with Gasteiger partial charge in [0, 0.05) is 13.1 Å². The molecule has 0 saturated carbocycles. The number of rotatable bonds is 6. The second-order valence-corrected chi connectivity index (χ2v) is 5.03. The third-order valence-electron chi connectivity index (χ3n) is 3.75. The van der Waals surface area contributed by atoms with Gasteiger partial charge in [-0.05, 0) is 30.0 Å². The molecule has 114 valence electrons. The standard InChI is InChI=1S/C16H22N2O3/c1-3-9-18(10-11-19)16(20)17-14-8-7-13-12(14)5-4-6-15(13)21-2/h3-6,14,19H,1,7-11H2,2H3,(H,17,20). The summed E-state index contributed by atoms with van der Waals surface area (Å²) in [5, 5.41) is 12.1. The van der Waals surface area contributed by atoms with E-state index in [-0.39, 0.29) is 18.7 Å². The van der Waals surface area contributed by atoms with Gasteiger partial charge in [0.05, 0.1) is 19.8 Å². The van der Waals surface area contributed by atoms with Crippen LogP contribution in [-0.4, -0.2) is 42.8 Å². The van der Waals surface area contributed by atoms with E-state index in [0.717, 1.165) is 24.2 Å². The molecule has 5 heteroatoms. The maximum absolute atomic E-state index is 12.3. The summed E-state index contributed by atoms with van der Waals surface area (Å²) in [5.74, 6) is 0.877. The number of carbonyl (C=O) groups is 1. The first-order valence-corrected chi connectivity index (χ1v) is 7.14. The zero-order valence-electron chi connectivity index (χ0n) is 12.3. The van der Waals surface area contributed by atoms with Crippen molar-refractivity contribution in [3.05, 3.63) is 42.0 Å². The number of nitrogens with one attached hydrogen (secondary N) is 1. The average Bonchev–Trinajstić information content (AvgIpc) is 2.90. The van der Waals surface area contributed by atoms with Crippen LogP contribution in [0.15, 0.2) is 30.9 Å². The maximum Gasteiger partial charge on any atom is 0.318 e. The Morgan fingerprint density at radius 3 is 3.10 bits per heavy atom. The minimum atomic E-state index is -0.176. The molecule has 0 aromatic heterocycles. The van der Waals surface area contributed by atoms with Crippen molar-refractivity contribution in [1.82, 2.24) is 10.2 Å². The highest BCUT2D eigenvalue weighted by Crippen LogP contribution is 2.36. The molecule has 2 amide bonds. The molecule has 21 heavy (non-hydrogen) atoms. The summed E-state index contributed by atoms with van der Waals surface area (Å²) < 4.78 is 5.37. The van der Waals surface area contributed by atoms with Crippen LogP contribution < -0.4 is 10.1 Å². The fourth-order valence-electron chi connectivity index (χ4n) is 2.75. The van der Waals surface area contributed by atoms with Crippen molar-refractivity contribution in [2.75, 3.05) is 26.8 Å². The largest absolute Gasteiger partial charge is 0.496 e. The molecule has 1 aliphatic rings. The number of ether oxygens (including phenoxy) is 1. The molecule has 0 fully saturated rings. The maximum atomic E-state index is 12.3. The van der Waals surface area contributed by atoms with Gasteiger partial charge in [0.25, 0.3) is 0 Å². The van der Waals surface area contributed by atoms with Gasteiger partial charge in [-0.15, -0.1) is 6.58 Å². The summed E-state index contributed by atoms with van der Waals surface area (Å²) in [6.45, 7) is 4.30. The molecule has 0 radical (unpaired) electrons. The number of benzene rings is 1. The molecule has 5 nitrogen and oxygen atoms in total. The summed E-state index contributed by atoms with van der Waals surface area (Å²) in [4.78, 5) is 13.8. The Bertz CT molecular complexity index is 516. The van der Waals surface area contributed by atoms with Crippen molar-refractivity contribution >= 4 is 6.03 Å². The highest BCUT2D eigenvalue weighted by molar-refractivity contribution is 5.75. The third-order valence-corrected chi connectivity index (χ3v) is 3.75. The minimum absolute atomic E-state index is 0.00592.